The van der Waals surface area contributed by atoms with Crippen LogP contribution in [-0.4, -0.2) is 44.2 Å². The molecule has 0 saturated heterocycles. The van der Waals surface area contributed by atoms with E-state index in [1.165, 1.54) is 24.3 Å². The third kappa shape index (κ3) is 4.04. The minimum absolute atomic E-state index is 0.0770. The Labute approximate surface area is 158 Å². The van der Waals surface area contributed by atoms with E-state index in [4.69, 9.17) is 4.74 Å². The van der Waals surface area contributed by atoms with Gasteiger partial charge >= 0.3 is 0 Å². The Morgan fingerprint density at radius 3 is 2.78 bits per heavy atom. The number of nitrogens with zero attached hydrogens (tertiary/aromatic N) is 4. The summed E-state index contributed by atoms with van der Waals surface area (Å²) in [5.74, 6) is 1.41. The predicted molar refractivity (Wildman–Crippen MR) is 100 cm³/mol. The number of nitrogens with one attached hydrogen (secondary N) is 1. The standard InChI is InChI=1S/C18H16FN5O2S/c19-13-1-3-15(4-2-13)26-10-14(25)9-20-16-5-6-17-21-22-18(24(17)23-16)12-7-8-27-11-12/h1-8,11,14,25H,9-10H2,(H,20,23). The largest absolute Gasteiger partial charge is 0.491 e. The third-order valence-electron chi connectivity index (χ3n) is 3.82. The summed E-state index contributed by atoms with van der Waals surface area (Å²) in [6, 6.07) is 11.2. The number of ether oxygens (including phenoxy) is 1. The van der Waals surface area contributed by atoms with Crippen LogP contribution in [0.5, 0.6) is 5.75 Å². The van der Waals surface area contributed by atoms with Crippen LogP contribution in [0.3, 0.4) is 0 Å². The summed E-state index contributed by atoms with van der Waals surface area (Å²) in [6.45, 7) is 0.323. The molecule has 0 aliphatic heterocycles. The normalized spacial score (nSPS) is 12.2. The number of aromatic nitrogens is 4. The van der Waals surface area contributed by atoms with E-state index in [0.29, 0.717) is 23.0 Å². The van der Waals surface area contributed by atoms with Crippen LogP contribution in [0.1, 0.15) is 0 Å². The van der Waals surface area contributed by atoms with Crippen LogP contribution in [0, 0.1) is 5.82 Å². The third-order valence-corrected chi connectivity index (χ3v) is 4.50. The Bertz CT molecular complexity index is 1020. The zero-order valence-corrected chi connectivity index (χ0v) is 14.9. The predicted octanol–water partition coefficient (Wildman–Crippen LogP) is 2.84. The average molecular weight is 385 g/mol. The maximum absolute atomic E-state index is 12.9. The molecule has 1 unspecified atom stereocenters. The Hall–Kier alpha value is -3.04. The number of hydrogen-bond acceptors (Lipinski definition) is 7. The molecular formula is C18H16FN5O2S. The minimum Gasteiger partial charge on any atom is -0.491 e. The van der Waals surface area contributed by atoms with E-state index in [9.17, 15) is 9.50 Å². The SMILES string of the molecule is OC(CNc1ccc2nnc(-c3ccsc3)n2n1)COc1ccc(F)cc1. The maximum Gasteiger partial charge on any atom is 0.186 e. The minimum atomic E-state index is -0.759. The summed E-state index contributed by atoms with van der Waals surface area (Å²) >= 11 is 1.58. The average Bonchev–Trinajstić information content (AvgIpc) is 3.35. The number of hydrogen-bond donors (Lipinski definition) is 2. The zero-order chi connectivity index (χ0) is 18.6. The molecule has 4 aromatic rings. The van der Waals surface area contributed by atoms with E-state index >= 15 is 0 Å². The first-order valence-electron chi connectivity index (χ1n) is 8.24. The van der Waals surface area contributed by atoms with Gasteiger partial charge < -0.3 is 15.2 Å². The molecule has 1 atom stereocenters. The van der Waals surface area contributed by atoms with Crippen LogP contribution in [0.2, 0.25) is 0 Å². The second-order valence-corrected chi connectivity index (χ2v) is 6.60. The van der Waals surface area contributed by atoms with Crippen LogP contribution in [-0.2, 0) is 0 Å². The van der Waals surface area contributed by atoms with Gasteiger partial charge in [-0.15, -0.1) is 15.3 Å². The molecule has 0 aliphatic rings. The molecule has 0 radical (unpaired) electrons. The van der Waals surface area contributed by atoms with Crippen molar-refractivity contribution in [2.45, 2.75) is 6.10 Å². The van der Waals surface area contributed by atoms with Gasteiger partial charge in [0.15, 0.2) is 11.5 Å². The van der Waals surface area contributed by atoms with Gasteiger partial charge in [0.1, 0.15) is 30.1 Å². The fraction of sp³-hybridized carbons (Fsp3) is 0.167. The molecule has 0 aliphatic carbocycles. The highest BCUT2D eigenvalue weighted by molar-refractivity contribution is 7.08. The van der Waals surface area contributed by atoms with E-state index in [1.54, 1.807) is 28.0 Å². The lowest BCUT2D eigenvalue weighted by Crippen LogP contribution is -2.26. The van der Waals surface area contributed by atoms with E-state index in [2.05, 4.69) is 20.6 Å². The lowest BCUT2D eigenvalue weighted by Gasteiger charge is -2.13. The highest BCUT2D eigenvalue weighted by atomic mass is 32.1. The van der Waals surface area contributed by atoms with Crippen molar-refractivity contribution in [3.8, 4) is 17.1 Å². The number of benzene rings is 1. The number of fused-ring (bicyclic) bond motifs is 1. The Morgan fingerprint density at radius 1 is 1.15 bits per heavy atom. The zero-order valence-electron chi connectivity index (χ0n) is 14.1. The van der Waals surface area contributed by atoms with Gasteiger partial charge in [-0.1, -0.05) is 0 Å². The Balaban J connectivity index is 1.38. The lowest BCUT2D eigenvalue weighted by molar-refractivity contribution is 0.117. The van der Waals surface area contributed by atoms with Crippen LogP contribution in [0.15, 0.2) is 53.2 Å². The first kappa shape index (κ1) is 17.4. The smallest absolute Gasteiger partial charge is 0.186 e. The molecule has 0 spiro atoms. The molecule has 0 fully saturated rings. The van der Waals surface area contributed by atoms with Crippen molar-refractivity contribution in [1.29, 1.82) is 0 Å². The van der Waals surface area contributed by atoms with Crippen molar-refractivity contribution < 1.29 is 14.2 Å². The van der Waals surface area contributed by atoms with Gasteiger partial charge in [-0.25, -0.2) is 4.39 Å². The first-order chi connectivity index (χ1) is 13.2. The van der Waals surface area contributed by atoms with E-state index < -0.39 is 6.10 Å². The number of aliphatic hydroxyl groups is 1. The number of rotatable bonds is 7. The van der Waals surface area contributed by atoms with Crippen molar-refractivity contribution in [1.82, 2.24) is 19.8 Å². The molecule has 7 nitrogen and oxygen atoms in total. The highest BCUT2D eigenvalue weighted by Crippen LogP contribution is 2.20. The van der Waals surface area contributed by atoms with Crippen molar-refractivity contribution in [3.63, 3.8) is 0 Å². The summed E-state index contributed by atoms with van der Waals surface area (Å²) < 4.78 is 20.0. The molecule has 0 saturated carbocycles. The molecule has 2 N–H and O–H groups in total. The molecule has 9 heteroatoms. The molecule has 138 valence electrons. The fourth-order valence-corrected chi connectivity index (χ4v) is 3.09. The van der Waals surface area contributed by atoms with E-state index in [-0.39, 0.29) is 19.0 Å². The van der Waals surface area contributed by atoms with Crippen molar-refractivity contribution in [2.75, 3.05) is 18.5 Å². The van der Waals surface area contributed by atoms with Crippen LogP contribution in [0.25, 0.3) is 17.0 Å². The summed E-state index contributed by atoms with van der Waals surface area (Å²) in [7, 11) is 0. The fourth-order valence-electron chi connectivity index (χ4n) is 2.46. The molecule has 27 heavy (non-hydrogen) atoms. The van der Waals surface area contributed by atoms with Gasteiger partial charge in [-0.05, 0) is 47.8 Å². The van der Waals surface area contributed by atoms with Gasteiger partial charge in [0, 0.05) is 17.5 Å². The summed E-state index contributed by atoms with van der Waals surface area (Å²) in [5.41, 5.74) is 1.59. The van der Waals surface area contributed by atoms with Crippen LogP contribution in [0.4, 0.5) is 10.2 Å². The number of thiophene rings is 1. The van der Waals surface area contributed by atoms with Gasteiger partial charge in [0.25, 0.3) is 0 Å². The van der Waals surface area contributed by atoms with Gasteiger partial charge in [0.05, 0.1) is 0 Å². The van der Waals surface area contributed by atoms with Crippen LogP contribution >= 0.6 is 11.3 Å². The monoisotopic (exact) mass is 385 g/mol. The second-order valence-electron chi connectivity index (χ2n) is 5.82. The quantitative estimate of drug-likeness (QED) is 0.509. The molecule has 0 bridgehead atoms. The van der Waals surface area contributed by atoms with Gasteiger partial charge in [-0.2, -0.15) is 15.9 Å². The second kappa shape index (κ2) is 7.68. The molecule has 0 amide bonds. The maximum atomic E-state index is 12.9. The summed E-state index contributed by atoms with van der Waals surface area (Å²) in [5, 5.41) is 29.9. The van der Waals surface area contributed by atoms with Crippen LogP contribution < -0.4 is 10.1 Å². The molecule has 1 aromatic carbocycles. The van der Waals surface area contributed by atoms with Crippen molar-refractivity contribution in [3.05, 3.63) is 59.0 Å². The molecule has 3 heterocycles. The number of anilines is 1. The van der Waals surface area contributed by atoms with Crippen molar-refractivity contribution >= 4 is 22.8 Å². The van der Waals surface area contributed by atoms with Gasteiger partial charge in [0.2, 0.25) is 0 Å². The topological polar surface area (TPSA) is 84.6 Å². The summed E-state index contributed by atoms with van der Waals surface area (Å²) in [4.78, 5) is 0. The first-order valence-corrected chi connectivity index (χ1v) is 9.19. The van der Waals surface area contributed by atoms with Crippen molar-refractivity contribution in [2.24, 2.45) is 0 Å². The van der Waals surface area contributed by atoms with Gasteiger partial charge in [-0.3, -0.25) is 0 Å². The molecule has 3 aromatic heterocycles. The van der Waals surface area contributed by atoms with E-state index in [0.717, 1.165) is 5.56 Å². The lowest BCUT2D eigenvalue weighted by atomic mass is 10.3. The van der Waals surface area contributed by atoms with E-state index in [1.807, 2.05) is 16.8 Å². The molecular weight excluding hydrogens is 369 g/mol. The number of halogens is 1. The Morgan fingerprint density at radius 2 is 2.00 bits per heavy atom. The summed E-state index contributed by atoms with van der Waals surface area (Å²) in [6.07, 6.45) is -0.759. The Kier molecular flexibility index (Phi) is 4.95. The molecule has 4 rings (SSSR count). The number of aliphatic hydroxyl groups excluding tert-OH is 1. The highest BCUT2D eigenvalue weighted by Gasteiger charge is 2.11.